The van der Waals surface area contributed by atoms with E-state index in [0.717, 1.165) is 16.5 Å². The van der Waals surface area contributed by atoms with E-state index in [0.29, 0.717) is 18.8 Å². The summed E-state index contributed by atoms with van der Waals surface area (Å²) in [5.74, 6) is 0.629. The van der Waals surface area contributed by atoms with Crippen LogP contribution < -0.4 is 4.72 Å². The zero-order chi connectivity index (χ0) is 12.7. The van der Waals surface area contributed by atoms with Crippen LogP contribution >= 0.6 is 27.5 Å². The lowest BCUT2D eigenvalue weighted by Gasteiger charge is -2.07. The topological polar surface area (TPSA) is 46.2 Å². The van der Waals surface area contributed by atoms with Crippen LogP contribution in [-0.2, 0) is 16.6 Å². The van der Waals surface area contributed by atoms with E-state index in [1.54, 1.807) is 0 Å². The van der Waals surface area contributed by atoms with Gasteiger partial charge in [0.05, 0.1) is 5.75 Å². The SMILES string of the molecule is O=S(=O)(CCCCCl)NCc1ccccc1Br. The molecule has 0 aromatic heterocycles. The van der Waals surface area contributed by atoms with E-state index in [-0.39, 0.29) is 5.75 Å². The van der Waals surface area contributed by atoms with E-state index < -0.39 is 10.0 Å². The Hall–Kier alpha value is -0.100. The van der Waals surface area contributed by atoms with Crippen molar-refractivity contribution in [2.75, 3.05) is 11.6 Å². The third-order valence-electron chi connectivity index (χ3n) is 2.24. The van der Waals surface area contributed by atoms with Crippen LogP contribution in [0.25, 0.3) is 0 Å². The van der Waals surface area contributed by atoms with Crippen LogP contribution in [0.15, 0.2) is 28.7 Å². The van der Waals surface area contributed by atoms with Crippen molar-refractivity contribution in [2.24, 2.45) is 0 Å². The minimum Gasteiger partial charge on any atom is -0.212 e. The van der Waals surface area contributed by atoms with Crippen molar-refractivity contribution >= 4 is 37.6 Å². The molecule has 0 saturated heterocycles. The maximum absolute atomic E-state index is 11.6. The van der Waals surface area contributed by atoms with Crippen LogP contribution in [0.4, 0.5) is 0 Å². The Bertz CT molecular complexity index is 451. The highest BCUT2D eigenvalue weighted by atomic mass is 79.9. The van der Waals surface area contributed by atoms with Gasteiger partial charge in [0.1, 0.15) is 0 Å². The molecule has 0 saturated carbocycles. The molecule has 0 bridgehead atoms. The zero-order valence-corrected chi connectivity index (χ0v) is 12.5. The summed E-state index contributed by atoms with van der Waals surface area (Å²) >= 11 is 8.88. The van der Waals surface area contributed by atoms with Crippen LogP contribution in [0.3, 0.4) is 0 Å². The van der Waals surface area contributed by atoms with E-state index in [4.69, 9.17) is 11.6 Å². The third kappa shape index (κ3) is 5.86. The quantitative estimate of drug-likeness (QED) is 0.613. The molecule has 0 spiro atoms. The summed E-state index contributed by atoms with van der Waals surface area (Å²) in [6.07, 6.45) is 1.31. The average Bonchev–Trinajstić information content (AvgIpc) is 2.28. The molecule has 1 aromatic carbocycles. The molecule has 0 radical (unpaired) electrons. The molecule has 0 atom stereocenters. The van der Waals surface area contributed by atoms with Gasteiger partial charge in [-0.15, -0.1) is 11.6 Å². The fourth-order valence-electron chi connectivity index (χ4n) is 1.29. The minimum absolute atomic E-state index is 0.129. The van der Waals surface area contributed by atoms with Gasteiger partial charge in [0.25, 0.3) is 0 Å². The zero-order valence-electron chi connectivity index (χ0n) is 9.33. The molecule has 0 aliphatic heterocycles. The molecule has 17 heavy (non-hydrogen) atoms. The summed E-state index contributed by atoms with van der Waals surface area (Å²) in [6, 6.07) is 7.53. The van der Waals surface area contributed by atoms with Crippen molar-refractivity contribution in [1.82, 2.24) is 4.72 Å². The van der Waals surface area contributed by atoms with Gasteiger partial charge in [-0.25, -0.2) is 13.1 Å². The van der Waals surface area contributed by atoms with Gasteiger partial charge in [0.15, 0.2) is 0 Å². The second-order valence-corrected chi connectivity index (χ2v) is 6.79. The molecule has 0 aliphatic carbocycles. The molecule has 0 fully saturated rings. The Morgan fingerprint density at radius 3 is 2.59 bits per heavy atom. The van der Waals surface area contributed by atoms with Gasteiger partial charge in [-0.3, -0.25) is 0 Å². The number of unbranched alkanes of at least 4 members (excludes halogenated alkanes) is 1. The molecule has 0 aliphatic rings. The Kier molecular flexibility index (Phi) is 6.48. The van der Waals surface area contributed by atoms with Gasteiger partial charge in [-0.05, 0) is 24.5 Å². The fourth-order valence-corrected chi connectivity index (χ4v) is 3.01. The number of hydrogen-bond donors (Lipinski definition) is 1. The van der Waals surface area contributed by atoms with Crippen molar-refractivity contribution in [1.29, 1.82) is 0 Å². The second-order valence-electron chi connectivity index (χ2n) is 3.63. The number of rotatable bonds is 7. The van der Waals surface area contributed by atoms with Crippen molar-refractivity contribution in [3.8, 4) is 0 Å². The molecule has 1 aromatic rings. The number of sulfonamides is 1. The number of benzene rings is 1. The Balaban J connectivity index is 2.47. The summed E-state index contributed by atoms with van der Waals surface area (Å²) in [4.78, 5) is 0. The number of hydrogen-bond acceptors (Lipinski definition) is 2. The highest BCUT2D eigenvalue weighted by Crippen LogP contribution is 2.15. The highest BCUT2D eigenvalue weighted by molar-refractivity contribution is 9.10. The monoisotopic (exact) mass is 339 g/mol. The van der Waals surface area contributed by atoms with Gasteiger partial charge >= 0.3 is 0 Å². The average molecular weight is 341 g/mol. The van der Waals surface area contributed by atoms with Gasteiger partial charge in [0, 0.05) is 16.9 Å². The van der Waals surface area contributed by atoms with Crippen LogP contribution in [0, 0.1) is 0 Å². The van der Waals surface area contributed by atoms with Gasteiger partial charge in [0.2, 0.25) is 10.0 Å². The van der Waals surface area contributed by atoms with Crippen molar-refractivity contribution in [2.45, 2.75) is 19.4 Å². The summed E-state index contributed by atoms with van der Waals surface area (Å²) in [5.41, 5.74) is 0.924. The summed E-state index contributed by atoms with van der Waals surface area (Å²) in [6.45, 7) is 0.310. The molecule has 6 heteroatoms. The molecular weight excluding hydrogens is 326 g/mol. The minimum atomic E-state index is -3.20. The maximum Gasteiger partial charge on any atom is 0.211 e. The van der Waals surface area contributed by atoms with Crippen molar-refractivity contribution in [3.05, 3.63) is 34.3 Å². The molecule has 96 valence electrons. The van der Waals surface area contributed by atoms with E-state index >= 15 is 0 Å². The largest absolute Gasteiger partial charge is 0.212 e. The molecule has 1 N–H and O–H groups in total. The molecule has 0 amide bonds. The standard InChI is InChI=1S/C11H15BrClNO2S/c12-11-6-2-1-5-10(11)9-14-17(15,16)8-4-3-7-13/h1-2,5-6,14H,3-4,7-9H2. The normalized spacial score (nSPS) is 11.6. The second kappa shape index (κ2) is 7.36. The smallest absolute Gasteiger partial charge is 0.211 e. The summed E-state index contributed by atoms with van der Waals surface area (Å²) in [5, 5.41) is 0. The maximum atomic E-state index is 11.6. The predicted molar refractivity (Wildman–Crippen MR) is 74.7 cm³/mol. The molecule has 0 unspecified atom stereocenters. The third-order valence-corrected chi connectivity index (χ3v) is 4.69. The lowest BCUT2D eigenvalue weighted by Crippen LogP contribution is -2.26. The first kappa shape index (κ1) is 15.0. The lowest BCUT2D eigenvalue weighted by molar-refractivity contribution is 0.578. The van der Waals surface area contributed by atoms with Crippen molar-refractivity contribution in [3.63, 3.8) is 0 Å². The first-order valence-corrected chi connectivity index (χ1v) is 8.30. The summed E-state index contributed by atoms with van der Waals surface area (Å²) in [7, 11) is -3.20. The molecule has 3 nitrogen and oxygen atoms in total. The highest BCUT2D eigenvalue weighted by Gasteiger charge is 2.10. The van der Waals surface area contributed by atoms with E-state index in [2.05, 4.69) is 20.7 Å². The Morgan fingerprint density at radius 1 is 1.24 bits per heavy atom. The molecular formula is C11H15BrClNO2S. The van der Waals surface area contributed by atoms with Gasteiger partial charge in [-0.1, -0.05) is 34.1 Å². The van der Waals surface area contributed by atoms with Crippen LogP contribution in [0.5, 0.6) is 0 Å². The van der Waals surface area contributed by atoms with Crippen LogP contribution in [0.2, 0.25) is 0 Å². The van der Waals surface area contributed by atoms with Crippen molar-refractivity contribution < 1.29 is 8.42 Å². The number of alkyl halides is 1. The molecule has 1 rings (SSSR count). The molecule has 0 heterocycles. The Morgan fingerprint density at radius 2 is 1.94 bits per heavy atom. The van der Waals surface area contributed by atoms with Crippen LogP contribution in [-0.4, -0.2) is 20.1 Å². The predicted octanol–water partition coefficient (Wildman–Crippen LogP) is 2.89. The number of halogens is 2. The van der Waals surface area contributed by atoms with Crippen LogP contribution in [0.1, 0.15) is 18.4 Å². The fraction of sp³-hybridized carbons (Fsp3) is 0.455. The van der Waals surface area contributed by atoms with E-state index in [1.165, 1.54) is 0 Å². The number of nitrogens with one attached hydrogen (secondary N) is 1. The van der Waals surface area contributed by atoms with Gasteiger partial charge < -0.3 is 0 Å². The lowest BCUT2D eigenvalue weighted by atomic mass is 10.2. The summed E-state index contributed by atoms with van der Waals surface area (Å²) < 4.78 is 26.7. The van der Waals surface area contributed by atoms with E-state index in [1.807, 2.05) is 24.3 Å². The first-order valence-electron chi connectivity index (χ1n) is 5.32. The first-order chi connectivity index (χ1) is 8.05. The van der Waals surface area contributed by atoms with E-state index in [9.17, 15) is 8.42 Å². The Labute approximate surface area is 116 Å². The van der Waals surface area contributed by atoms with Gasteiger partial charge in [-0.2, -0.15) is 0 Å².